The van der Waals surface area contributed by atoms with E-state index < -0.39 is 10.0 Å². The zero-order chi connectivity index (χ0) is 12.5. The van der Waals surface area contributed by atoms with Gasteiger partial charge >= 0.3 is 0 Å². The van der Waals surface area contributed by atoms with Crippen molar-refractivity contribution < 1.29 is 8.42 Å². The Kier molecular flexibility index (Phi) is 3.87. The topological polar surface area (TPSA) is 40.6 Å². The van der Waals surface area contributed by atoms with Crippen molar-refractivity contribution >= 4 is 26.0 Å². The third-order valence-electron chi connectivity index (χ3n) is 2.92. The van der Waals surface area contributed by atoms with Gasteiger partial charge in [-0.05, 0) is 35.1 Å². The Morgan fingerprint density at radius 3 is 2.29 bits per heavy atom. The van der Waals surface area contributed by atoms with Crippen LogP contribution in [-0.4, -0.2) is 50.8 Å². The highest BCUT2D eigenvalue weighted by Gasteiger charge is 2.28. The van der Waals surface area contributed by atoms with E-state index in [-0.39, 0.29) is 0 Å². The maximum atomic E-state index is 12.4. The molecule has 1 fully saturated rings. The molecule has 1 aromatic carbocycles. The average Bonchev–Trinajstić information content (AvgIpc) is 2.30. The fraction of sp³-hybridized carbons (Fsp3) is 0.455. The molecule has 0 bridgehead atoms. The summed E-state index contributed by atoms with van der Waals surface area (Å²) in [7, 11) is -1.35. The predicted molar refractivity (Wildman–Crippen MR) is 70.4 cm³/mol. The molecule has 1 heterocycles. The zero-order valence-electron chi connectivity index (χ0n) is 9.63. The zero-order valence-corrected chi connectivity index (χ0v) is 12.0. The molecule has 0 unspecified atom stereocenters. The van der Waals surface area contributed by atoms with Gasteiger partial charge in [0.1, 0.15) is 0 Å². The monoisotopic (exact) mass is 318 g/mol. The standard InChI is InChI=1S/C11H15BrN2O2S/c1-13-6-8-14(9-7-13)17(15,16)11-5-3-2-4-10(11)12/h2-5H,6-9H2,1H3. The minimum Gasteiger partial charge on any atom is -0.304 e. The van der Waals surface area contributed by atoms with Gasteiger partial charge in [0, 0.05) is 30.7 Å². The molecule has 0 N–H and O–H groups in total. The van der Waals surface area contributed by atoms with Gasteiger partial charge in [-0.1, -0.05) is 12.1 Å². The van der Waals surface area contributed by atoms with Crippen molar-refractivity contribution in [3.8, 4) is 0 Å². The highest BCUT2D eigenvalue weighted by molar-refractivity contribution is 9.10. The number of hydrogen-bond acceptors (Lipinski definition) is 3. The van der Waals surface area contributed by atoms with Crippen LogP contribution in [0, 0.1) is 0 Å². The van der Waals surface area contributed by atoms with Crippen molar-refractivity contribution in [3.63, 3.8) is 0 Å². The smallest absolute Gasteiger partial charge is 0.244 e. The number of likely N-dealkylation sites (N-methyl/N-ethyl adjacent to an activating group) is 1. The van der Waals surface area contributed by atoms with Gasteiger partial charge < -0.3 is 4.90 Å². The molecule has 17 heavy (non-hydrogen) atoms. The molecule has 0 amide bonds. The molecule has 1 aromatic rings. The lowest BCUT2D eigenvalue weighted by Gasteiger charge is -2.31. The summed E-state index contributed by atoms with van der Waals surface area (Å²) in [5.41, 5.74) is 0. The van der Waals surface area contributed by atoms with Crippen LogP contribution in [0.5, 0.6) is 0 Å². The summed E-state index contributed by atoms with van der Waals surface area (Å²) in [5.74, 6) is 0. The molecule has 0 aliphatic carbocycles. The Morgan fingerprint density at radius 2 is 1.71 bits per heavy atom. The predicted octanol–water partition coefficient (Wildman–Crippen LogP) is 1.39. The van der Waals surface area contributed by atoms with Crippen molar-refractivity contribution in [2.45, 2.75) is 4.90 Å². The number of piperazine rings is 1. The highest BCUT2D eigenvalue weighted by atomic mass is 79.9. The maximum absolute atomic E-state index is 12.4. The van der Waals surface area contributed by atoms with Crippen LogP contribution >= 0.6 is 15.9 Å². The van der Waals surface area contributed by atoms with E-state index in [1.54, 1.807) is 22.5 Å². The van der Waals surface area contributed by atoms with E-state index in [4.69, 9.17) is 0 Å². The second-order valence-electron chi connectivity index (χ2n) is 4.14. The van der Waals surface area contributed by atoms with Crippen molar-refractivity contribution in [2.75, 3.05) is 33.2 Å². The summed E-state index contributed by atoms with van der Waals surface area (Å²) < 4.78 is 27.0. The second-order valence-corrected chi connectivity index (χ2v) is 6.90. The molecule has 2 rings (SSSR count). The minimum absolute atomic E-state index is 0.351. The number of nitrogens with zero attached hydrogens (tertiary/aromatic N) is 2. The van der Waals surface area contributed by atoms with Gasteiger partial charge in [0.25, 0.3) is 0 Å². The summed E-state index contributed by atoms with van der Waals surface area (Å²) in [4.78, 5) is 2.48. The Hall–Kier alpha value is -0.430. The fourth-order valence-corrected chi connectivity index (χ4v) is 4.21. The first kappa shape index (κ1) is 13.0. The van der Waals surface area contributed by atoms with Gasteiger partial charge in [-0.3, -0.25) is 0 Å². The molecule has 0 saturated carbocycles. The van der Waals surface area contributed by atoms with Gasteiger partial charge in [0.2, 0.25) is 10.0 Å². The van der Waals surface area contributed by atoms with Crippen LogP contribution in [0.2, 0.25) is 0 Å². The second kappa shape index (κ2) is 5.06. The van der Waals surface area contributed by atoms with E-state index in [1.807, 2.05) is 13.1 Å². The van der Waals surface area contributed by atoms with Gasteiger partial charge in [-0.15, -0.1) is 0 Å². The van der Waals surface area contributed by atoms with E-state index in [9.17, 15) is 8.42 Å². The Morgan fingerprint density at radius 1 is 1.12 bits per heavy atom. The lowest BCUT2D eigenvalue weighted by atomic mass is 10.4. The van der Waals surface area contributed by atoms with Gasteiger partial charge in [-0.2, -0.15) is 4.31 Å². The number of rotatable bonds is 2. The molecule has 4 nitrogen and oxygen atoms in total. The van der Waals surface area contributed by atoms with Crippen LogP contribution in [0.4, 0.5) is 0 Å². The lowest BCUT2D eigenvalue weighted by molar-refractivity contribution is 0.222. The van der Waals surface area contributed by atoms with Crippen LogP contribution in [0.1, 0.15) is 0 Å². The number of sulfonamides is 1. The molecule has 1 saturated heterocycles. The summed E-state index contributed by atoms with van der Waals surface area (Å²) >= 11 is 3.29. The van der Waals surface area contributed by atoms with Crippen molar-refractivity contribution in [1.82, 2.24) is 9.21 Å². The summed E-state index contributed by atoms with van der Waals surface area (Å²) in [6, 6.07) is 6.95. The van der Waals surface area contributed by atoms with Crippen LogP contribution < -0.4 is 0 Å². The van der Waals surface area contributed by atoms with Crippen LogP contribution in [0.3, 0.4) is 0 Å². The summed E-state index contributed by atoms with van der Waals surface area (Å²) in [5, 5.41) is 0. The molecule has 0 atom stereocenters. The summed E-state index contributed by atoms with van der Waals surface area (Å²) in [6.45, 7) is 2.67. The first-order valence-corrected chi connectivity index (χ1v) is 7.68. The van der Waals surface area contributed by atoms with Crippen LogP contribution in [0.25, 0.3) is 0 Å². The molecule has 94 valence electrons. The summed E-state index contributed by atoms with van der Waals surface area (Å²) in [6.07, 6.45) is 0. The molecule has 0 radical (unpaired) electrons. The van der Waals surface area contributed by atoms with Crippen molar-refractivity contribution in [1.29, 1.82) is 0 Å². The van der Waals surface area contributed by atoms with Gasteiger partial charge in [-0.25, -0.2) is 8.42 Å². The number of hydrogen-bond donors (Lipinski definition) is 0. The van der Waals surface area contributed by atoms with Crippen molar-refractivity contribution in [3.05, 3.63) is 28.7 Å². The molecular weight excluding hydrogens is 304 g/mol. The van der Waals surface area contributed by atoms with Crippen LogP contribution in [0.15, 0.2) is 33.6 Å². The van der Waals surface area contributed by atoms with Gasteiger partial charge in [0.15, 0.2) is 0 Å². The van der Waals surface area contributed by atoms with E-state index in [1.165, 1.54) is 0 Å². The minimum atomic E-state index is -3.36. The first-order valence-electron chi connectivity index (χ1n) is 5.45. The van der Waals surface area contributed by atoms with E-state index in [0.717, 1.165) is 13.1 Å². The molecule has 1 aliphatic heterocycles. The van der Waals surface area contributed by atoms with E-state index in [0.29, 0.717) is 22.5 Å². The first-order chi connectivity index (χ1) is 8.01. The largest absolute Gasteiger partial charge is 0.304 e. The molecule has 6 heteroatoms. The van der Waals surface area contributed by atoms with Crippen LogP contribution in [-0.2, 0) is 10.0 Å². The number of halogens is 1. The highest BCUT2D eigenvalue weighted by Crippen LogP contribution is 2.25. The Bertz CT molecular complexity index is 496. The SMILES string of the molecule is CN1CCN(S(=O)(=O)c2ccccc2Br)CC1. The van der Waals surface area contributed by atoms with Crippen molar-refractivity contribution in [2.24, 2.45) is 0 Å². The molecule has 1 aliphatic rings. The third kappa shape index (κ3) is 2.70. The number of benzene rings is 1. The Labute approximate surface area is 110 Å². The Balaban J connectivity index is 2.28. The molecule has 0 spiro atoms. The molecular formula is C11H15BrN2O2S. The van der Waals surface area contributed by atoms with E-state index >= 15 is 0 Å². The van der Waals surface area contributed by atoms with Gasteiger partial charge in [0.05, 0.1) is 4.90 Å². The normalized spacial score (nSPS) is 19.4. The van der Waals surface area contributed by atoms with E-state index in [2.05, 4.69) is 20.8 Å². The average molecular weight is 319 g/mol. The maximum Gasteiger partial charge on any atom is 0.244 e. The fourth-order valence-electron chi connectivity index (χ4n) is 1.82. The third-order valence-corrected chi connectivity index (χ3v) is 5.83. The quantitative estimate of drug-likeness (QED) is 0.827. The lowest BCUT2D eigenvalue weighted by Crippen LogP contribution is -2.47. The molecule has 0 aromatic heterocycles.